The Balaban J connectivity index is 1.68. The fraction of sp³-hybridized carbons (Fsp3) is 0.278. The highest BCUT2D eigenvalue weighted by Crippen LogP contribution is 2.45. The molecule has 0 aromatic heterocycles. The summed E-state index contributed by atoms with van der Waals surface area (Å²) in [6.45, 7) is 4.11. The number of benzene rings is 2. The van der Waals surface area contributed by atoms with Gasteiger partial charge in [-0.1, -0.05) is 36.4 Å². The van der Waals surface area contributed by atoms with E-state index in [1.807, 2.05) is 43.3 Å². The van der Waals surface area contributed by atoms with Gasteiger partial charge in [-0.3, -0.25) is 0 Å². The predicted molar refractivity (Wildman–Crippen MR) is 85.4 cm³/mol. The topological polar surface area (TPSA) is 41.1 Å². The molecule has 1 aliphatic rings. The van der Waals surface area contributed by atoms with Crippen LogP contribution in [-0.2, 0) is 5.54 Å². The molecular formula is C18H20N2O. The number of rotatable bonds is 3. The second-order valence-electron chi connectivity index (χ2n) is 5.83. The van der Waals surface area contributed by atoms with Crippen LogP contribution in [0.2, 0.25) is 0 Å². The van der Waals surface area contributed by atoms with Gasteiger partial charge < -0.3 is 10.6 Å². The second-order valence-corrected chi connectivity index (χ2v) is 5.83. The van der Waals surface area contributed by atoms with Gasteiger partial charge in [-0.25, -0.2) is 4.79 Å². The van der Waals surface area contributed by atoms with Gasteiger partial charge in [0.25, 0.3) is 0 Å². The summed E-state index contributed by atoms with van der Waals surface area (Å²) in [5, 5.41) is 6.04. The molecule has 0 aliphatic heterocycles. The Labute approximate surface area is 125 Å². The Morgan fingerprint density at radius 1 is 1.00 bits per heavy atom. The number of aryl methyl sites for hydroxylation is 2. The van der Waals surface area contributed by atoms with Crippen molar-refractivity contribution >= 4 is 11.7 Å². The first-order chi connectivity index (χ1) is 10.1. The van der Waals surface area contributed by atoms with Gasteiger partial charge in [0, 0.05) is 5.69 Å². The van der Waals surface area contributed by atoms with Crippen LogP contribution >= 0.6 is 0 Å². The van der Waals surface area contributed by atoms with E-state index in [-0.39, 0.29) is 11.6 Å². The number of nitrogens with one attached hydrogen (secondary N) is 2. The van der Waals surface area contributed by atoms with Gasteiger partial charge in [0.1, 0.15) is 0 Å². The van der Waals surface area contributed by atoms with Crippen LogP contribution in [-0.4, -0.2) is 6.03 Å². The average Bonchev–Trinajstić information content (AvgIpc) is 3.25. The molecular weight excluding hydrogens is 260 g/mol. The van der Waals surface area contributed by atoms with E-state index in [2.05, 4.69) is 29.7 Å². The van der Waals surface area contributed by atoms with Gasteiger partial charge in [0.05, 0.1) is 5.54 Å². The van der Waals surface area contributed by atoms with Gasteiger partial charge in [0.15, 0.2) is 0 Å². The van der Waals surface area contributed by atoms with Crippen LogP contribution in [0.1, 0.15) is 29.5 Å². The minimum absolute atomic E-state index is 0.139. The number of carbonyl (C=O) groups excluding carboxylic acids is 1. The van der Waals surface area contributed by atoms with E-state index in [9.17, 15) is 4.79 Å². The molecule has 108 valence electrons. The molecule has 2 N–H and O–H groups in total. The molecule has 21 heavy (non-hydrogen) atoms. The molecule has 3 nitrogen and oxygen atoms in total. The summed E-state index contributed by atoms with van der Waals surface area (Å²) in [6, 6.07) is 16.0. The Morgan fingerprint density at radius 3 is 2.33 bits per heavy atom. The smallest absolute Gasteiger partial charge is 0.319 e. The Morgan fingerprint density at radius 2 is 1.71 bits per heavy atom. The molecule has 0 heterocycles. The summed E-state index contributed by atoms with van der Waals surface area (Å²) in [5.74, 6) is 0. The molecule has 0 saturated heterocycles. The van der Waals surface area contributed by atoms with Crippen molar-refractivity contribution in [3.8, 4) is 0 Å². The predicted octanol–water partition coefficient (Wildman–Crippen LogP) is 4.11. The fourth-order valence-electron chi connectivity index (χ4n) is 2.57. The lowest BCUT2D eigenvalue weighted by atomic mass is 10.1. The third kappa shape index (κ3) is 2.92. The fourth-order valence-corrected chi connectivity index (χ4v) is 2.57. The van der Waals surface area contributed by atoms with Crippen molar-refractivity contribution in [1.82, 2.24) is 5.32 Å². The lowest BCUT2D eigenvalue weighted by Gasteiger charge is -2.18. The first-order valence-electron chi connectivity index (χ1n) is 7.31. The molecule has 2 aromatic rings. The Kier molecular flexibility index (Phi) is 3.42. The lowest BCUT2D eigenvalue weighted by Crippen LogP contribution is -2.38. The van der Waals surface area contributed by atoms with Crippen molar-refractivity contribution in [3.63, 3.8) is 0 Å². The number of carbonyl (C=O) groups is 1. The van der Waals surface area contributed by atoms with Crippen LogP contribution in [0.5, 0.6) is 0 Å². The Hall–Kier alpha value is -2.29. The lowest BCUT2D eigenvalue weighted by molar-refractivity contribution is 0.247. The minimum Gasteiger partial charge on any atom is -0.328 e. The summed E-state index contributed by atoms with van der Waals surface area (Å²) in [5.41, 5.74) is 4.24. The van der Waals surface area contributed by atoms with E-state index >= 15 is 0 Å². The summed E-state index contributed by atoms with van der Waals surface area (Å²) in [4.78, 5) is 12.2. The summed E-state index contributed by atoms with van der Waals surface area (Å²) in [6.07, 6.45) is 1.99. The first kappa shape index (κ1) is 13.7. The molecule has 2 amide bonds. The van der Waals surface area contributed by atoms with E-state index in [1.165, 1.54) is 16.7 Å². The van der Waals surface area contributed by atoms with E-state index < -0.39 is 0 Å². The van der Waals surface area contributed by atoms with Crippen molar-refractivity contribution in [3.05, 3.63) is 65.2 Å². The maximum Gasteiger partial charge on any atom is 0.319 e. The molecule has 1 aliphatic carbocycles. The van der Waals surface area contributed by atoms with Gasteiger partial charge in [0.2, 0.25) is 0 Å². The third-order valence-electron chi connectivity index (χ3n) is 4.19. The highest BCUT2D eigenvalue weighted by Gasteiger charge is 2.45. The minimum atomic E-state index is -0.176. The standard InChI is InChI=1S/C18H20N2O/c1-13-8-9-16(12-14(13)2)19-17(21)20-18(10-11-18)15-6-4-3-5-7-15/h3-9,12H,10-11H2,1-2H3,(H2,19,20,21). The van der Waals surface area contributed by atoms with Crippen LogP contribution in [0.3, 0.4) is 0 Å². The maximum absolute atomic E-state index is 12.2. The number of hydrogen-bond donors (Lipinski definition) is 2. The van der Waals surface area contributed by atoms with Crippen molar-refractivity contribution in [2.24, 2.45) is 0 Å². The molecule has 0 atom stereocenters. The third-order valence-corrected chi connectivity index (χ3v) is 4.19. The molecule has 0 spiro atoms. The molecule has 0 radical (unpaired) electrons. The highest BCUT2D eigenvalue weighted by atomic mass is 16.2. The van der Waals surface area contributed by atoms with Gasteiger partial charge >= 0.3 is 6.03 Å². The first-order valence-corrected chi connectivity index (χ1v) is 7.31. The average molecular weight is 280 g/mol. The molecule has 0 unspecified atom stereocenters. The summed E-state index contributed by atoms with van der Waals surface area (Å²) < 4.78 is 0. The highest BCUT2D eigenvalue weighted by molar-refractivity contribution is 5.90. The van der Waals surface area contributed by atoms with Crippen LogP contribution in [0.4, 0.5) is 10.5 Å². The van der Waals surface area contributed by atoms with Gasteiger partial charge in [-0.15, -0.1) is 0 Å². The van der Waals surface area contributed by atoms with Crippen LogP contribution in [0.15, 0.2) is 48.5 Å². The summed E-state index contributed by atoms with van der Waals surface area (Å²) in [7, 11) is 0. The van der Waals surface area contributed by atoms with E-state index in [1.54, 1.807) is 0 Å². The number of urea groups is 1. The van der Waals surface area contributed by atoms with E-state index in [0.29, 0.717) is 0 Å². The Bertz CT molecular complexity index is 660. The van der Waals surface area contributed by atoms with Crippen molar-refractivity contribution in [1.29, 1.82) is 0 Å². The van der Waals surface area contributed by atoms with Crippen LogP contribution in [0, 0.1) is 13.8 Å². The van der Waals surface area contributed by atoms with Crippen LogP contribution in [0.25, 0.3) is 0 Å². The normalized spacial score (nSPS) is 15.3. The zero-order valence-electron chi connectivity index (χ0n) is 12.4. The second kappa shape index (κ2) is 5.24. The molecule has 0 bridgehead atoms. The largest absolute Gasteiger partial charge is 0.328 e. The molecule has 1 saturated carbocycles. The van der Waals surface area contributed by atoms with E-state index in [4.69, 9.17) is 0 Å². The molecule has 2 aromatic carbocycles. The van der Waals surface area contributed by atoms with Crippen LogP contribution < -0.4 is 10.6 Å². The SMILES string of the molecule is Cc1ccc(NC(=O)NC2(c3ccccc3)CC2)cc1C. The zero-order chi connectivity index (χ0) is 14.9. The maximum atomic E-state index is 12.2. The van der Waals surface area contributed by atoms with Crippen molar-refractivity contribution in [2.75, 3.05) is 5.32 Å². The zero-order valence-corrected chi connectivity index (χ0v) is 12.4. The van der Waals surface area contributed by atoms with Gasteiger partial charge in [-0.05, 0) is 55.5 Å². The van der Waals surface area contributed by atoms with Crippen molar-refractivity contribution < 1.29 is 4.79 Å². The number of hydrogen-bond acceptors (Lipinski definition) is 1. The molecule has 3 heteroatoms. The quantitative estimate of drug-likeness (QED) is 0.872. The molecule has 3 rings (SSSR count). The van der Waals surface area contributed by atoms with Gasteiger partial charge in [-0.2, -0.15) is 0 Å². The van der Waals surface area contributed by atoms with Crippen molar-refractivity contribution in [2.45, 2.75) is 32.2 Å². The number of anilines is 1. The number of amides is 2. The molecule has 1 fully saturated rings. The monoisotopic (exact) mass is 280 g/mol. The van der Waals surface area contributed by atoms with E-state index in [0.717, 1.165) is 18.5 Å². The summed E-state index contributed by atoms with van der Waals surface area (Å²) >= 11 is 0.